The number of halogens is 3. The fourth-order valence-corrected chi connectivity index (χ4v) is 1.47. The molecule has 1 aromatic rings. The van der Waals surface area contributed by atoms with Crippen molar-refractivity contribution in [3.05, 3.63) is 6.20 Å². The first-order valence-electron chi connectivity index (χ1n) is 4.76. The summed E-state index contributed by atoms with van der Waals surface area (Å²) in [6.07, 6.45) is -2.59. The Morgan fingerprint density at radius 1 is 1.47 bits per heavy atom. The number of carbonyl (C=O) groups is 1. The molecule has 0 aliphatic carbocycles. The van der Waals surface area contributed by atoms with Crippen LogP contribution in [0.5, 0.6) is 0 Å². The van der Waals surface area contributed by atoms with Crippen LogP contribution in [0.3, 0.4) is 0 Å². The van der Waals surface area contributed by atoms with Crippen LogP contribution in [-0.4, -0.2) is 48.3 Å². The molecule has 0 aromatic carbocycles. The molecule has 0 saturated heterocycles. The number of anilines is 1. The van der Waals surface area contributed by atoms with Gasteiger partial charge in [0.2, 0.25) is 15.9 Å². The molecule has 0 atom stereocenters. The zero-order valence-corrected chi connectivity index (χ0v) is 10.4. The van der Waals surface area contributed by atoms with E-state index in [4.69, 9.17) is 0 Å². The van der Waals surface area contributed by atoms with Crippen molar-refractivity contribution in [1.29, 1.82) is 0 Å². The standard InChI is InChI=1S/C7H10F3N5O3S/c1-19(17,18)14-5-2-12-15(13-5)3-6(16)11-4-7(8,9)10/h2H,3-4H2,1H3,(H,11,16)(H,13,14). The van der Waals surface area contributed by atoms with Crippen molar-refractivity contribution in [2.45, 2.75) is 12.7 Å². The van der Waals surface area contributed by atoms with Gasteiger partial charge in [0, 0.05) is 0 Å². The number of rotatable bonds is 5. The maximum atomic E-state index is 11.8. The van der Waals surface area contributed by atoms with Gasteiger partial charge >= 0.3 is 6.18 Å². The van der Waals surface area contributed by atoms with E-state index in [1.165, 1.54) is 0 Å². The highest BCUT2D eigenvalue weighted by Crippen LogP contribution is 2.12. The van der Waals surface area contributed by atoms with E-state index in [0.717, 1.165) is 17.2 Å². The summed E-state index contributed by atoms with van der Waals surface area (Å²) in [7, 11) is -3.54. The zero-order chi connectivity index (χ0) is 14.7. The number of sulfonamides is 1. The zero-order valence-electron chi connectivity index (χ0n) is 9.60. The Morgan fingerprint density at radius 3 is 2.63 bits per heavy atom. The molecule has 0 radical (unpaired) electrons. The van der Waals surface area contributed by atoms with E-state index in [9.17, 15) is 26.4 Å². The fraction of sp³-hybridized carbons (Fsp3) is 0.571. The number of aromatic nitrogens is 3. The molecule has 1 rings (SSSR count). The average Bonchev–Trinajstić information content (AvgIpc) is 2.58. The van der Waals surface area contributed by atoms with Gasteiger partial charge in [-0.05, 0) is 0 Å². The SMILES string of the molecule is CS(=O)(=O)Nc1cnn(CC(=O)NCC(F)(F)F)n1. The molecule has 0 unspecified atom stereocenters. The first kappa shape index (κ1) is 15.2. The third-order valence-electron chi connectivity index (χ3n) is 1.60. The van der Waals surface area contributed by atoms with Crippen molar-refractivity contribution < 1.29 is 26.4 Å². The molecular formula is C7H10F3N5O3S. The van der Waals surface area contributed by atoms with E-state index in [0.29, 0.717) is 0 Å². The summed E-state index contributed by atoms with van der Waals surface area (Å²) >= 11 is 0. The van der Waals surface area contributed by atoms with Crippen molar-refractivity contribution >= 4 is 21.7 Å². The fourth-order valence-electron chi connectivity index (χ4n) is 0.993. The van der Waals surface area contributed by atoms with Crippen LogP contribution in [0.2, 0.25) is 0 Å². The van der Waals surface area contributed by atoms with Gasteiger partial charge in [-0.25, -0.2) is 8.42 Å². The van der Waals surface area contributed by atoms with Crippen LogP contribution in [-0.2, 0) is 21.4 Å². The monoisotopic (exact) mass is 301 g/mol. The van der Waals surface area contributed by atoms with Crippen LogP contribution in [0.4, 0.5) is 19.0 Å². The molecule has 0 aliphatic rings. The second-order valence-corrected chi connectivity index (χ2v) is 5.27. The molecule has 19 heavy (non-hydrogen) atoms. The number of carbonyl (C=O) groups excluding carboxylic acids is 1. The van der Waals surface area contributed by atoms with Crippen molar-refractivity contribution in [2.24, 2.45) is 0 Å². The lowest BCUT2D eigenvalue weighted by atomic mass is 10.5. The lowest BCUT2D eigenvalue weighted by Gasteiger charge is -2.07. The van der Waals surface area contributed by atoms with Gasteiger partial charge in [-0.3, -0.25) is 9.52 Å². The van der Waals surface area contributed by atoms with Gasteiger partial charge in [0.25, 0.3) is 0 Å². The Balaban J connectivity index is 2.52. The molecule has 0 bridgehead atoms. The van der Waals surface area contributed by atoms with E-state index in [2.05, 4.69) is 10.2 Å². The van der Waals surface area contributed by atoms with Crippen LogP contribution in [0.1, 0.15) is 0 Å². The summed E-state index contributed by atoms with van der Waals surface area (Å²) in [6, 6.07) is 0. The van der Waals surface area contributed by atoms with Crippen LogP contribution >= 0.6 is 0 Å². The first-order chi connectivity index (χ1) is 8.55. The Bertz CT molecular complexity index is 553. The molecule has 0 spiro atoms. The highest BCUT2D eigenvalue weighted by molar-refractivity contribution is 7.92. The van der Waals surface area contributed by atoms with E-state index >= 15 is 0 Å². The summed E-state index contributed by atoms with van der Waals surface area (Å²) in [5.41, 5.74) is 0. The second-order valence-electron chi connectivity index (χ2n) is 3.53. The highest BCUT2D eigenvalue weighted by Gasteiger charge is 2.27. The largest absolute Gasteiger partial charge is 0.405 e. The maximum Gasteiger partial charge on any atom is 0.405 e. The number of amides is 1. The quantitative estimate of drug-likeness (QED) is 0.750. The summed E-state index contributed by atoms with van der Waals surface area (Å²) in [5, 5.41) is 8.70. The van der Waals surface area contributed by atoms with Gasteiger partial charge in [-0.1, -0.05) is 0 Å². The Kier molecular flexibility index (Phi) is 4.34. The predicted molar refractivity (Wildman–Crippen MR) is 57.6 cm³/mol. The van der Waals surface area contributed by atoms with Crippen LogP contribution < -0.4 is 10.0 Å². The summed E-state index contributed by atoms with van der Waals surface area (Å²) in [6.45, 7) is -2.01. The third-order valence-corrected chi connectivity index (χ3v) is 2.18. The van der Waals surface area contributed by atoms with Gasteiger partial charge in [-0.2, -0.15) is 23.1 Å². The topological polar surface area (TPSA) is 106 Å². The Hall–Kier alpha value is -1.85. The minimum atomic E-state index is -4.50. The Labute approximate surface area is 106 Å². The number of hydrogen-bond acceptors (Lipinski definition) is 5. The van der Waals surface area contributed by atoms with E-state index in [-0.39, 0.29) is 5.82 Å². The van der Waals surface area contributed by atoms with Gasteiger partial charge < -0.3 is 5.32 Å². The molecule has 108 valence electrons. The van der Waals surface area contributed by atoms with E-state index in [1.54, 1.807) is 5.32 Å². The minimum absolute atomic E-state index is 0.133. The Morgan fingerprint density at radius 2 is 2.11 bits per heavy atom. The molecule has 1 aromatic heterocycles. The van der Waals surface area contributed by atoms with Crippen molar-refractivity contribution in [3.63, 3.8) is 0 Å². The normalized spacial score (nSPS) is 12.2. The predicted octanol–water partition coefficient (Wildman–Crippen LogP) is -0.672. The molecule has 0 fully saturated rings. The molecule has 1 amide bonds. The molecule has 1 heterocycles. The number of nitrogens with one attached hydrogen (secondary N) is 2. The first-order valence-corrected chi connectivity index (χ1v) is 6.66. The highest BCUT2D eigenvalue weighted by atomic mass is 32.2. The van der Waals surface area contributed by atoms with Crippen molar-refractivity contribution in [2.75, 3.05) is 17.5 Å². The summed E-state index contributed by atoms with van der Waals surface area (Å²) < 4.78 is 59.1. The van der Waals surface area contributed by atoms with Crippen molar-refractivity contribution in [3.8, 4) is 0 Å². The molecule has 2 N–H and O–H groups in total. The molecule has 8 nitrogen and oxygen atoms in total. The lowest BCUT2D eigenvalue weighted by molar-refractivity contribution is -0.139. The van der Waals surface area contributed by atoms with Crippen LogP contribution in [0.15, 0.2) is 6.20 Å². The van der Waals surface area contributed by atoms with Gasteiger partial charge in [0.05, 0.1) is 12.5 Å². The molecule has 12 heteroatoms. The minimum Gasteiger partial charge on any atom is -0.345 e. The summed E-state index contributed by atoms with van der Waals surface area (Å²) in [5.74, 6) is -1.08. The summed E-state index contributed by atoms with van der Waals surface area (Å²) in [4.78, 5) is 11.9. The molecule has 0 aliphatic heterocycles. The molecule has 0 saturated carbocycles. The third kappa shape index (κ3) is 6.59. The lowest BCUT2D eigenvalue weighted by Crippen LogP contribution is -2.36. The van der Waals surface area contributed by atoms with Gasteiger partial charge in [-0.15, -0.1) is 5.10 Å². The van der Waals surface area contributed by atoms with Gasteiger partial charge in [0.1, 0.15) is 13.1 Å². The van der Waals surface area contributed by atoms with E-state index in [1.807, 2.05) is 4.72 Å². The van der Waals surface area contributed by atoms with Crippen molar-refractivity contribution in [1.82, 2.24) is 20.3 Å². The number of alkyl halides is 3. The van der Waals surface area contributed by atoms with E-state index < -0.39 is 35.2 Å². The van der Waals surface area contributed by atoms with Gasteiger partial charge in [0.15, 0.2) is 5.82 Å². The van der Waals surface area contributed by atoms with Crippen LogP contribution in [0.25, 0.3) is 0 Å². The maximum absolute atomic E-state index is 11.8. The number of nitrogens with zero attached hydrogens (tertiary/aromatic N) is 3. The van der Waals surface area contributed by atoms with Crippen LogP contribution in [0, 0.1) is 0 Å². The number of hydrogen-bond donors (Lipinski definition) is 2. The average molecular weight is 301 g/mol. The second kappa shape index (κ2) is 5.42. The molecular weight excluding hydrogens is 291 g/mol. The smallest absolute Gasteiger partial charge is 0.345 e.